The minimum Gasteiger partial charge on any atom is -0.395 e. The van der Waals surface area contributed by atoms with Gasteiger partial charge in [-0.15, -0.1) is 11.3 Å². The van der Waals surface area contributed by atoms with E-state index in [4.69, 9.17) is 11.6 Å². The fourth-order valence-electron chi connectivity index (χ4n) is 3.98. The van der Waals surface area contributed by atoms with Crippen molar-refractivity contribution in [2.45, 2.75) is 25.4 Å². The number of nitrogens with zero attached hydrogens (tertiary/aromatic N) is 4. The second-order valence-electron chi connectivity index (χ2n) is 7.93. The SMILES string of the molecule is OC[C@@H]1CCCN1Cc1ccc(Nc2nc(Nc3ccc(F)c(Cl)c3)c3scnc3n2)cc1. The molecule has 0 radical (unpaired) electrons. The highest BCUT2D eigenvalue weighted by Gasteiger charge is 2.23. The molecule has 4 aromatic rings. The third-order valence-corrected chi connectivity index (χ3v) is 6.79. The fraction of sp³-hybridized carbons (Fsp3) is 0.261. The lowest BCUT2D eigenvalue weighted by Gasteiger charge is -2.22. The van der Waals surface area contributed by atoms with E-state index in [1.165, 1.54) is 29.0 Å². The molecule has 3 N–H and O–H groups in total. The number of halogens is 2. The van der Waals surface area contributed by atoms with Crippen LogP contribution in [0.4, 0.5) is 27.5 Å². The Morgan fingerprint density at radius 2 is 1.94 bits per heavy atom. The molecule has 1 aliphatic heterocycles. The van der Waals surface area contributed by atoms with Gasteiger partial charge in [0, 0.05) is 24.0 Å². The molecule has 1 aliphatic rings. The van der Waals surface area contributed by atoms with Crippen LogP contribution >= 0.6 is 22.9 Å². The van der Waals surface area contributed by atoms with Crippen LogP contribution in [0, 0.1) is 5.82 Å². The van der Waals surface area contributed by atoms with Crippen molar-refractivity contribution in [3.8, 4) is 0 Å². The van der Waals surface area contributed by atoms with E-state index in [1.54, 1.807) is 11.6 Å². The van der Waals surface area contributed by atoms with Gasteiger partial charge in [0.15, 0.2) is 11.5 Å². The van der Waals surface area contributed by atoms with Gasteiger partial charge in [-0.05, 0) is 55.3 Å². The van der Waals surface area contributed by atoms with Gasteiger partial charge in [-0.1, -0.05) is 23.7 Å². The Balaban J connectivity index is 1.34. The summed E-state index contributed by atoms with van der Waals surface area (Å²) in [7, 11) is 0. The smallest absolute Gasteiger partial charge is 0.231 e. The van der Waals surface area contributed by atoms with Crippen LogP contribution in [-0.4, -0.2) is 44.2 Å². The van der Waals surface area contributed by atoms with Gasteiger partial charge in [-0.3, -0.25) is 4.90 Å². The molecule has 10 heteroatoms. The Morgan fingerprint density at radius 1 is 1.12 bits per heavy atom. The van der Waals surface area contributed by atoms with Crippen molar-refractivity contribution in [1.29, 1.82) is 0 Å². The van der Waals surface area contributed by atoms with Gasteiger partial charge in [0.05, 0.1) is 17.1 Å². The summed E-state index contributed by atoms with van der Waals surface area (Å²) in [6, 6.07) is 12.8. The first-order chi connectivity index (χ1) is 16.1. The number of likely N-dealkylation sites (tertiary alicyclic amines) is 1. The first kappa shape index (κ1) is 22.0. The molecule has 0 spiro atoms. The molecule has 3 heterocycles. The van der Waals surface area contributed by atoms with Crippen molar-refractivity contribution in [1.82, 2.24) is 19.9 Å². The highest BCUT2D eigenvalue weighted by molar-refractivity contribution is 7.17. The number of hydrogen-bond acceptors (Lipinski definition) is 8. The predicted octanol–water partition coefficient (Wildman–Crippen LogP) is 5.32. The van der Waals surface area contributed by atoms with Crippen LogP contribution in [0.15, 0.2) is 48.0 Å². The number of benzene rings is 2. The van der Waals surface area contributed by atoms with Crippen LogP contribution in [0.2, 0.25) is 5.02 Å². The molecule has 0 aliphatic carbocycles. The third-order valence-electron chi connectivity index (χ3n) is 5.68. The van der Waals surface area contributed by atoms with Gasteiger partial charge < -0.3 is 15.7 Å². The zero-order valence-electron chi connectivity index (χ0n) is 17.6. The number of anilines is 4. The maximum Gasteiger partial charge on any atom is 0.231 e. The van der Waals surface area contributed by atoms with E-state index in [2.05, 4.69) is 42.6 Å². The summed E-state index contributed by atoms with van der Waals surface area (Å²) in [4.78, 5) is 15.8. The van der Waals surface area contributed by atoms with Crippen LogP contribution in [0.3, 0.4) is 0 Å². The Labute approximate surface area is 199 Å². The average molecular weight is 485 g/mol. The minimum absolute atomic E-state index is 0.0345. The molecule has 1 saturated heterocycles. The zero-order chi connectivity index (χ0) is 22.8. The van der Waals surface area contributed by atoms with Crippen LogP contribution in [0.1, 0.15) is 18.4 Å². The van der Waals surface area contributed by atoms with E-state index >= 15 is 0 Å². The van der Waals surface area contributed by atoms with Crippen LogP contribution in [0.5, 0.6) is 0 Å². The number of hydrogen-bond donors (Lipinski definition) is 3. The summed E-state index contributed by atoms with van der Waals surface area (Å²) in [6.45, 7) is 2.04. The van der Waals surface area contributed by atoms with Crippen molar-refractivity contribution in [3.05, 3.63) is 64.4 Å². The topological polar surface area (TPSA) is 86.2 Å². The molecule has 0 unspecified atom stereocenters. The second kappa shape index (κ2) is 9.56. The highest BCUT2D eigenvalue weighted by atomic mass is 35.5. The number of rotatable bonds is 7. The molecule has 0 bridgehead atoms. The van der Waals surface area contributed by atoms with E-state index in [-0.39, 0.29) is 17.7 Å². The van der Waals surface area contributed by atoms with Crippen molar-refractivity contribution >= 4 is 56.4 Å². The number of aromatic nitrogens is 3. The van der Waals surface area contributed by atoms with Gasteiger partial charge >= 0.3 is 0 Å². The van der Waals surface area contributed by atoms with Crippen molar-refractivity contribution in [3.63, 3.8) is 0 Å². The van der Waals surface area contributed by atoms with Gasteiger partial charge in [-0.25, -0.2) is 9.37 Å². The molecule has 5 rings (SSSR count). The summed E-state index contributed by atoms with van der Waals surface area (Å²) in [5.41, 5.74) is 4.93. The maximum absolute atomic E-state index is 13.5. The van der Waals surface area contributed by atoms with Crippen molar-refractivity contribution < 1.29 is 9.50 Å². The van der Waals surface area contributed by atoms with E-state index in [0.29, 0.717) is 23.1 Å². The molecule has 1 fully saturated rings. The molecule has 0 saturated carbocycles. The van der Waals surface area contributed by atoms with E-state index in [0.717, 1.165) is 36.3 Å². The third kappa shape index (κ3) is 4.91. The van der Waals surface area contributed by atoms with Crippen LogP contribution in [-0.2, 0) is 6.54 Å². The first-order valence-electron chi connectivity index (χ1n) is 10.6. The van der Waals surface area contributed by atoms with E-state index in [9.17, 15) is 9.50 Å². The maximum atomic E-state index is 13.5. The van der Waals surface area contributed by atoms with Gasteiger partial charge in [0.25, 0.3) is 0 Å². The predicted molar refractivity (Wildman–Crippen MR) is 130 cm³/mol. The van der Waals surface area contributed by atoms with E-state index < -0.39 is 5.82 Å². The second-order valence-corrected chi connectivity index (χ2v) is 9.19. The fourth-order valence-corrected chi connectivity index (χ4v) is 4.83. The summed E-state index contributed by atoms with van der Waals surface area (Å²) >= 11 is 7.33. The Hall–Kier alpha value is -2.85. The number of nitrogens with one attached hydrogen (secondary N) is 2. The van der Waals surface area contributed by atoms with Crippen LogP contribution < -0.4 is 10.6 Å². The normalized spacial score (nSPS) is 16.4. The Morgan fingerprint density at radius 3 is 2.73 bits per heavy atom. The molecule has 0 amide bonds. The average Bonchev–Trinajstić information content (AvgIpc) is 3.47. The summed E-state index contributed by atoms with van der Waals surface area (Å²) in [6.07, 6.45) is 2.18. The summed E-state index contributed by atoms with van der Waals surface area (Å²) < 4.78 is 14.3. The van der Waals surface area contributed by atoms with E-state index in [1.807, 2.05) is 12.1 Å². The monoisotopic (exact) mass is 484 g/mol. The Kier molecular flexibility index (Phi) is 6.37. The van der Waals surface area contributed by atoms with Gasteiger partial charge in [0.2, 0.25) is 5.95 Å². The molecule has 2 aromatic carbocycles. The molecule has 2 aromatic heterocycles. The zero-order valence-corrected chi connectivity index (χ0v) is 19.2. The largest absolute Gasteiger partial charge is 0.395 e. The highest BCUT2D eigenvalue weighted by Crippen LogP contribution is 2.30. The summed E-state index contributed by atoms with van der Waals surface area (Å²) in [5, 5.41) is 16.0. The first-order valence-corrected chi connectivity index (χ1v) is 11.9. The lowest BCUT2D eigenvalue weighted by Crippen LogP contribution is -2.31. The molecular weight excluding hydrogens is 463 g/mol. The molecular formula is C23H22ClFN6OS. The number of aliphatic hydroxyl groups excluding tert-OH is 1. The number of fused-ring (bicyclic) bond motifs is 1. The lowest BCUT2D eigenvalue weighted by molar-refractivity contribution is 0.153. The molecule has 170 valence electrons. The molecule has 1 atom stereocenters. The van der Waals surface area contributed by atoms with Gasteiger partial charge in [0.1, 0.15) is 10.5 Å². The lowest BCUT2D eigenvalue weighted by atomic mass is 10.1. The summed E-state index contributed by atoms with van der Waals surface area (Å²) in [5.74, 6) is 0.486. The van der Waals surface area contributed by atoms with Crippen LogP contribution in [0.25, 0.3) is 10.3 Å². The standard InChI is InChI=1S/C23H22ClFN6OS/c24-18-10-16(7-8-19(18)25)27-22-20-21(26-13-33-20)29-23(30-22)28-15-5-3-14(4-6-15)11-31-9-1-2-17(31)12-32/h3-8,10,13,17,32H,1-2,9,11-12H2,(H2,27,28,29,30)/t17-/m0/s1. The van der Waals surface area contributed by atoms with Crippen molar-refractivity contribution in [2.24, 2.45) is 0 Å². The van der Waals surface area contributed by atoms with Gasteiger partial charge in [-0.2, -0.15) is 9.97 Å². The number of aliphatic hydroxyl groups is 1. The molecule has 7 nitrogen and oxygen atoms in total. The quantitative estimate of drug-likeness (QED) is 0.327. The Bertz CT molecular complexity index is 1270. The van der Waals surface area contributed by atoms with Crippen molar-refractivity contribution in [2.75, 3.05) is 23.8 Å². The minimum atomic E-state index is -0.477. The molecule has 33 heavy (non-hydrogen) atoms. The number of thiazole rings is 1.